The summed E-state index contributed by atoms with van der Waals surface area (Å²) in [6.07, 6.45) is 3.93. The average molecular weight is 336 g/mol. The van der Waals surface area contributed by atoms with Gasteiger partial charge in [0.1, 0.15) is 10.7 Å². The van der Waals surface area contributed by atoms with Crippen LogP contribution in [0.25, 0.3) is 0 Å². The molecule has 2 N–H and O–H groups in total. The number of hydrogen-bond donors (Lipinski definition) is 2. The summed E-state index contributed by atoms with van der Waals surface area (Å²) in [5, 5.41) is 9.14. The van der Waals surface area contributed by atoms with Crippen molar-refractivity contribution < 1.29 is 17.9 Å². The van der Waals surface area contributed by atoms with E-state index in [9.17, 15) is 12.8 Å². The van der Waals surface area contributed by atoms with Gasteiger partial charge in [-0.2, -0.15) is 0 Å². The second kappa shape index (κ2) is 6.20. The fraction of sp³-hybridized carbons (Fsp3) is 0.571. The molecule has 0 aromatic heterocycles. The summed E-state index contributed by atoms with van der Waals surface area (Å²) in [6, 6.07) is 2.28. The zero-order chi connectivity index (χ0) is 15.7. The summed E-state index contributed by atoms with van der Waals surface area (Å²) in [4.78, 5) is -0.510. The molecule has 21 heavy (non-hydrogen) atoms. The molecule has 0 spiro atoms. The molecular weight excluding hydrogens is 317 g/mol. The highest BCUT2D eigenvalue weighted by atomic mass is 35.5. The van der Waals surface area contributed by atoms with E-state index in [4.69, 9.17) is 16.7 Å². The Morgan fingerprint density at radius 3 is 2.57 bits per heavy atom. The molecule has 0 saturated heterocycles. The third-order valence-corrected chi connectivity index (χ3v) is 5.96. The Bertz CT molecular complexity index is 624. The monoisotopic (exact) mass is 335 g/mol. The number of benzene rings is 1. The molecule has 0 radical (unpaired) electrons. The van der Waals surface area contributed by atoms with Gasteiger partial charge in [0.15, 0.2) is 0 Å². The van der Waals surface area contributed by atoms with Gasteiger partial charge in [-0.05, 0) is 36.8 Å². The molecule has 4 nitrogen and oxygen atoms in total. The number of aliphatic hydroxyl groups excluding tert-OH is 1. The van der Waals surface area contributed by atoms with Gasteiger partial charge < -0.3 is 5.11 Å². The van der Waals surface area contributed by atoms with Crippen molar-refractivity contribution in [2.24, 2.45) is 5.41 Å². The van der Waals surface area contributed by atoms with E-state index in [1.807, 2.05) is 6.92 Å². The first-order valence-corrected chi connectivity index (χ1v) is 8.78. The van der Waals surface area contributed by atoms with Crippen molar-refractivity contribution in [2.75, 3.05) is 6.54 Å². The maximum absolute atomic E-state index is 14.1. The zero-order valence-corrected chi connectivity index (χ0v) is 13.4. The molecule has 0 unspecified atom stereocenters. The predicted molar refractivity (Wildman–Crippen MR) is 79.1 cm³/mol. The van der Waals surface area contributed by atoms with Crippen LogP contribution < -0.4 is 4.72 Å². The molecule has 1 aromatic rings. The van der Waals surface area contributed by atoms with Crippen molar-refractivity contribution in [2.45, 2.75) is 44.1 Å². The van der Waals surface area contributed by atoms with Gasteiger partial charge in [0.25, 0.3) is 0 Å². The van der Waals surface area contributed by atoms with Gasteiger partial charge in [0.2, 0.25) is 10.0 Å². The van der Waals surface area contributed by atoms with Gasteiger partial charge in [0.05, 0.1) is 6.61 Å². The van der Waals surface area contributed by atoms with Crippen molar-refractivity contribution in [3.05, 3.63) is 28.5 Å². The van der Waals surface area contributed by atoms with Crippen LogP contribution in [0.3, 0.4) is 0 Å². The number of rotatable bonds is 6. The van der Waals surface area contributed by atoms with Gasteiger partial charge in [-0.15, -0.1) is 0 Å². The Morgan fingerprint density at radius 1 is 1.43 bits per heavy atom. The standard InChI is InChI=1S/C14H19ClFNO3S/c1-2-14(4-3-5-14)9-17-21(19,20)12-7-11(15)6-10(8-18)13(12)16/h6-7,17-18H,2-5,8-9H2,1H3. The number of halogens is 2. The minimum Gasteiger partial charge on any atom is -0.392 e. The normalized spacial score (nSPS) is 17.5. The van der Waals surface area contributed by atoms with E-state index in [2.05, 4.69) is 4.72 Å². The zero-order valence-electron chi connectivity index (χ0n) is 11.8. The average Bonchev–Trinajstić information content (AvgIpc) is 2.40. The SMILES string of the molecule is CCC1(CNS(=O)(=O)c2cc(Cl)cc(CO)c2F)CCC1. The Labute approximate surface area is 129 Å². The summed E-state index contributed by atoms with van der Waals surface area (Å²) in [5.74, 6) is -0.950. The Kier molecular flexibility index (Phi) is 4.92. The molecule has 1 fully saturated rings. The molecular formula is C14H19ClFNO3S. The van der Waals surface area contributed by atoms with E-state index in [0.717, 1.165) is 31.7 Å². The topological polar surface area (TPSA) is 66.4 Å². The smallest absolute Gasteiger partial charge is 0.243 e. The summed E-state index contributed by atoms with van der Waals surface area (Å²) < 4.78 is 41.2. The summed E-state index contributed by atoms with van der Waals surface area (Å²) in [5.41, 5.74) is -0.140. The lowest BCUT2D eigenvalue weighted by Gasteiger charge is -2.41. The minimum atomic E-state index is -3.99. The van der Waals surface area contributed by atoms with Gasteiger partial charge >= 0.3 is 0 Å². The first-order valence-electron chi connectivity index (χ1n) is 6.92. The molecule has 2 rings (SSSR count). The number of hydrogen-bond acceptors (Lipinski definition) is 3. The Hall–Kier alpha value is -0.690. The van der Waals surface area contributed by atoms with Crippen LogP contribution >= 0.6 is 11.6 Å². The van der Waals surface area contributed by atoms with Gasteiger partial charge in [-0.3, -0.25) is 0 Å². The van der Waals surface area contributed by atoms with Gasteiger partial charge in [-0.25, -0.2) is 17.5 Å². The van der Waals surface area contributed by atoms with Crippen LogP contribution in [-0.2, 0) is 16.6 Å². The second-order valence-corrected chi connectivity index (χ2v) is 7.74. The molecule has 0 amide bonds. The van der Waals surface area contributed by atoms with Crippen LogP contribution in [0.15, 0.2) is 17.0 Å². The molecule has 118 valence electrons. The van der Waals surface area contributed by atoms with Crippen LogP contribution in [0.5, 0.6) is 0 Å². The number of aliphatic hydroxyl groups is 1. The van der Waals surface area contributed by atoms with Crippen molar-refractivity contribution in [1.29, 1.82) is 0 Å². The summed E-state index contributed by atoms with van der Waals surface area (Å²) in [6.45, 7) is 1.72. The molecule has 1 aliphatic carbocycles. The van der Waals surface area contributed by atoms with Crippen LogP contribution in [0.4, 0.5) is 4.39 Å². The van der Waals surface area contributed by atoms with E-state index < -0.39 is 27.3 Å². The van der Waals surface area contributed by atoms with Crippen molar-refractivity contribution in [3.8, 4) is 0 Å². The van der Waals surface area contributed by atoms with E-state index >= 15 is 0 Å². The highest BCUT2D eigenvalue weighted by Gasteiger charge is 2.36. The van der Waals surface area contributed by atoms with Gasteiger partial charge in [-0.1, -0.05) is 24.9 Å². The fourth-order valence-electron chi connectivity index (χ4n) is 2.59. The maximum atomic E-state index is 14.1. The molecule has 0 bridgehead atoms. The predicted octanol–water partition coefficient (Wildman–Crippen LogP) is 2.83. The molecule has 0 heterocycles. The fourth-order valence-corrected chi connectivity index (χ4v) is 4.19. The minimum absolute atomic E-state index is 0.0120. The molecule has 1 saturated carbocycles. The van der Waals surface area contributed by atoms with Gasteiger partial charge in [0, 0.05) is 17.1 Å². The number of sulfonamides is 1. The largest absolute Gasteiger partial charge is 0.392 e. The van der Waals surface area contributed by atoms with Crippen molar-refractivity contribution in [3.63, 3.8) is 0 Å². The molecule has 0 aliphatic heterocycles. The maximum Gasteiger partial charge on any atom is 0.243 e. The van der Waals surface area contributed by atoms with E-state index in [1.165, 1.54) is 6.07 Å². The van der Waals surface area contributed by atoms with E-state index in [0.29, 0.717) is 6.54 Å². The second-order valence-electron chi connectivity index (χ2n) is 5.57. The first kappa shape index (κ1) is 16.7. The third kappa shape index (κ3) is 3.39. The van der Waals surface area contributed by atoms with Crippen LogP contribution in [-0.4, -0.2) is 20.1 Å². The lowest BCUT2D eigenvalue weighted by Crippen LogP contribution is -2.41. The highest BCUT2D eigenvalue weighted by molar-refractivity contribution is 7.89. The Morgan fingerprint density at radius 2 is 2.10 bits per heavy atom. The molecule has 7 heteroatoms. The Balaban J connectivity index is 2.25. The van der Waals surface area contributed by atoms with Crippen LogP contribution in [0.2, 0.25) is 5.02 Å². The van der Waals surface area contributed by atoms with E-state index in [-0.39, 0.29) is 16.0 Å². The van der Waals surface area contributed by atoms with E-state index in [1.54, 1.807) is 0 Å². The summed E-state index contributed by atoms with van der Waals surface area (Å²) in [7, 11) is -3.99. The quantitative estimate of drug-likeness (QED) is 0.840. The number of nitrogens with one attached hydrogen (secondary N) is 1. The first-order chi connectivity index (χ1) is 9.83. The third-order valence-electron chi connectivity index (χ3n) is 4.34. The van der Waals surface area contributed by atoms with Crippen LogP contribution in [0.1, 0.15) is 38.2 Å². The highest BCUT2D eigenvalue weighted by Crippen LogP contribution is 2.43. The molecule has 1 aliphatic rings. The van der Waals surface area contributed by atoms with Crippen molar-refractivity contribution >= 4 is 21.6 Å². The van der Waals surface area contributed by atoms with Crippen molar-refractivity contribution in [1.82, 2.24) is 4.72 Å². The lowest BCUT2D eigenvalue weighted by atomic mass is 9.67. The molecule has 0 atom stereocenters. The molecule has 1 aromatic carbocycles. The lowest BCUT2D eigenvalue weighted by molar-refractivity contribution is 0.133. The summed E-state index contributed by atoms with van der Waals surface area (Å²) >= 11 is 5.79. The van der Waals surface area contributed by atoms with Crippen LogP contribution in [0, 0.1) is 11.2 Å².